The van der Waals surface area contributed by atoms with Gasteiger partial charge in [-0.2, -0.15) is 18.2 Å². The fourth-order valence-electron chi connectivity index (χ4n) is 0.461. The van der Waals surface area contributed by atoms with Crippen molar-refractivity contribution in [2.45, 2.75) is 33.2 Å². The molecule has 0 aromatic heterocycles. The van der Waals surface area contributed by atoms with Crippen LogP contribution >= 0.6 is 0 Å². The summed E-state index contributed by atoms with van der Waals surface area (Å²) in [6, 6.07) is 0.0154. The summed E-state index contributed by atoms with van der Waals surface area (Å²) in [6.07, 6.45) is 0.572. The summed E-state index contributed by atoms with van der Waals surface area (Å²) in [7, 11) is -3.34. The van der Waals surface area contributed by atoms with Crippen LogP contribution in [-0.4, -0.2) is 20.2 Å². The van der Waals surface area contributed by atoms with Gasteiger partial charge in [-0.25, -0.2) is 0 Å². The predicted octanol–water partition coefficient (Wildman–Crippen LogP) is 0.656. The van der Waals surface area contributed by atoms with Gasteiger partial charge in [-0.1, -0.05) is 6.92 Å². The molecule has 0 saturated heterocycles. The van der Waals surface area contributed by atoms with Crippen LogP contribution in [0.3, 0.4) is 0 Å². The van der Waals surface area contributed by atoms with E-state index >= 15 is 0 Å². The van der Waals surface area contributed by atoms with Gasteiger partial charge >= 0.3 is 0 Å². The molecule has 11 heavy (non-hydrogen) atoms. The first-order valence-electron chi connectivity index (χ1n) is 3.64. The Morgan fingerprint density at radius 1 is 1.45 bits per heavy atom. The monoisotopic (exact) mass is 181 g/mol. The minimum absolute atomic E-state index is 0.0154. The average Bonchev–Trinajstić information content (AvgIpc) is 1.84. The van der Waals surface area contributed by atoms with Crippen molar-refractivity contribution < 1.29 is 12.7 Å². The van der Waals surface area contributed by atoms with Crippen molar-refractivity contribution in [2.75, 3.05) is 5.75 Å². The summed E-state index contributed by atoms with van der Waals surface area (Å²) in [5.41, 5.74) is 2.38. The van der Waals surface area contributed by atoms with Crippen LogP contribution < -0.4 is 5.48 Å². The molecule has 0 saturated carbocycles. The number of rotatable bonds is 5. The molecule has 0 radical (unpaired) electrons. The molecule has 0 bridgehead atoms. The van der Waals surface area contributed by atoms with Gasteiger partial charge in [0, 0.05) is 6.04 Å². The molecule has 0 aromatic rings. The molecule has 0 spiro atoms. The molecule has 0 aliphatic heterocycles. The molecule has 0 rings (SSSR count). The fraction of sp³-hybridized carbons (Fsp3) is 1.00. The first-order chi connectivity index (χ1) is 4.98. The van der Waals surface area contributed by atoms with Crippen LogP contribution in [0, 0.1) is 0 Å². The summed E-state index contributed by atoms with van der Waals surface area (Å²) in [5.74, 6) is 0.0622. The summed E-state index contributed by atoms with van der Waals surface area (Å²) in [6.45, 7) is 5.40. The van der Waals surface area contributed by atoms with E-state index in [2.05, 4.69) is 9.76 Å². The third kappa shape index (κ3) is 6.28. The van der Waals surface area contributed by atoms with Crippen molar-refractivity contribution in [2.24, 2.45) is 0 Å². The summed E-state index contributed by atoms with van der Waals surface area (Å²) in [4.78, 5) is 0. The van der Waals surface area contributed by atoms with Crippen LogP contribution in [0.2, 0.25) is 0 Å². The van der Waals surface area contributed by atoms with E-state index in [1.54, 1.807) is 6.92 Å². The van der Waals surface area contributed by atoms with E-state index in [-0.39, 0.29) is 11.8 Å². The Balaban J connectivity index is 3.74. The smallest absolute Gasteiger partial charge is 0.198 e. The second-order valence-electron chi connectivity index (χ2n) is 2.62. The van der Waals surface area contributed by atoms with E-state index in [1.807, 2.05) is 13.8 Å². The van der Waals surface area contributed by atoms with Crippen LogP contribution in [0.1, 0.15) is 27.2 Å². The molecule has 0 atom stereocenters. The Morgan fingerprint density at radius 3 is 2.36 bits per heavy atom. The number of hydroxylamine groups is 1. The highest BCUT2D eigenvalue weighted by molar-refractivity contribution is 7.86. The standard InChI is InChI=1S/C6H15NO3S/c1-4-5-11(8,9)10-7-6(2)3/h6-7H,4-5H2,1-3H3. The molecular weight excluding hydrogens is 166 g/mol. The molecule has 68 valence electrons. The van der Waals surface area contributed by atoms with Gasteiger partial charge in [0.05, 0.1) is 5.75 Å². The van der Waals surface area contributed by atoms with Gasteiger partial charge in [0.15, 0.2) is 0 Å². The first kappa shape index (κ1) is 10.9. The molecule has 5 heteroatoms. The lowest BCUT2D eigenvalue weighted by Crippen LogP contribution is -2.27. The van der Waals surface area contributed by atoms with Gasteiger partial charge in [0.25, 0.3) is 10.1 Å². The van der Waals surface area contributed by atoms with E-state index in [0.29, 0.717) is 6.42 Å². The van der Waals surface area contributed by atoms with E-state index in [0.717, 1.165) is 0 Å². The Hall–Kier alpha value is -0.130. The first-order valence-corrected chi connectivity index (χ1v) is 5.22. The highest BCUT2D eigenvalue weighted by atomic mass is 32.2. The van der Waals surface area contributed by atoms with E-state index in [4.69, 9.17) is 0 Å². The third-order valence-electron chi connectivity index (χ3n) is 0.865. The van der Waals surface area contributed by atoms with Crippen LogP contribution in [0.25, 0.3) is 0 Å². The quantitative estimate of drug-likeness (QED) is 0.633. The van der Waals surface area contributed by atoms with E-state index < -0.39 is 10.1 Å². The fourth-order valence-corrected chi connectivity index (χ4v) is 1.38. The lowest BCUT2D eigenvalue weighted by molar-refractivity contribution is 0.177. The largest absolute Gasteiger partial charge is 0.283 e. The van der Waals surface area contributed by atoms with Crippen molar-refractivity contribution >= 4 is 10.1 Å². The van der Waals surface area contributed by atoms with E-state index in [9.17, 15) is 8.42 Å². The highest BCUT2D eigenvalue weighted by Crippen LogP contribution is 1.93. The van der Waals surface area contributed by atoms with Gasteiger partial charge in [-0.05, 0) is 20.3 Å². The molecule has 0 aromatic carbocycles. The number of hydrogen-bond donors (Lipinski definition) is 1. The maximum absolute atomic E-state index is 10.9. The second-order valence-corrected chi connectivity index (χ2v) is 4.31. The lowest BCUT2D eigenvalue weighted by atomic mass is 10.4. The maximum atomic E-state index is 10.9. The predicted molar refractivity (Wildman–Crippen MR) is 43.4 cm³/mol. The number of nitrogens with one attached hydrogen (secondary N) is 1. The summed E-state index contributed by atoms with van der Waals surface area (Å²) >= 11 is 0. The summed E-state index contributed by atoms with van der Waals surface area (Å²) in [5, 5.41) is 0. The average molecular weight is 181 g/mol. The van der Waals surface area contributed by atoms with Gasteiger partial charge in [0.2, 0.25) is 0 Å². The Bertz CT molecular complexity index is 186. The van der Waals surface area contributed by atoms with Crippen molar-refractivity contribution in [1.29, 1.82) is 0 Å². The van der Waals surface area contributed by atoms with Crippen LogP contribution in [0.4, 0.5) is 0 Å². The van der Waals surface area contributed by atoms with Crippen LogP contribution in [0.15, 0.2) is 0 Å². The lowest BCUT2D eigenvalue weighted by Gasteiger charge is -2.07. The topological polar surface area (TPSA) is 55.4 Å². The SMILES string of the molecule is CCCS(=O)(=O)ONC(C)C. The highest BCUT2D eigenvalue weighted by Gasteiger charge is 2.09. The minimum atomic E-state index is -3.34. The third-order valence-corrected chi connectivity index (χ3v) is 2.12. The van der Waals surface area contributed by atoms with Gasteiger partial charge in [-0.15, -0.1) is 0 Å². The molecule has 4 nitrogen and oxygen atoms in total. The normalized spacial score (nSPS) is 12.4. The molecule has 0 aliphatic rings. The molecule has 0 aliphatic carbocycles. The maximum Gasteiger partial charge on any atom is 0.283 e. The Kier molecular flexibility index (Phi) is 4.63. The van der Waals surface area contributed by atoms with Crippen LogP contribution in [-0.2, 0) is 14.4 Å². The van der Waals surface area contributed by atoms with Crippen LogP contribution in [0.5, 0.6) is 0 Å². The molecule has 0 amide bonds. The molecule has 1 N–H and O–H groups in total. The minimum Gasteiger partial charge on any atom is -0.198 e. The molecular formula is C6H15NO3S. The van der Waals surface area contributed by atoms with Gasteiger partial charge in [0.1, 0.15) is 0 Å². The molecule has 0 fully saturated rings. The Morgan fingerprint density at radius 2 is 2.00 bits per heavy atom. The van der Waals surface area contributed by atoms with Crippen molar-refractivity contribution in [3.8, 4) is 0 Å². The van der Waals surface area contributed by atoms with Crippen molar-refractivity contribution in [3.05, 3.63) is 0 Å². The Labute approximate surface area is 68.0 Å². The number of hydrogen-bond acceptors (Lipinski definition) is 4. The van der Waals surface area contributed by atoms with Crippen molar-refractivity contribution in [1.82, 2.24) is 5.48 Å². The molecule has 0 unspecified atom stereocenters. The molecule has 0 heterocycles. The van der Waals surface area contributed by atoms with Gasteiger partial charge in [-0.3, -0.25) is 0 Å². The van der Waals surface area contributed by atoms with E-state index in [1.165, 1.54) is 0 Å². The second kappa shape index (κ2) is 4.69. The van der Waals surface area contributed by atoms with Crippen molar-refractivity contribution in [3.63, 3.8) is 0 Å². The zero-order valence-electron chi connectivity index (χ0n) is 7.12. The zero-order valence-corrected chi connectivity index (χ0v) is 7.94. The summed E-state index contributed by atoms with van der Waals surface area (Å²) < 4.78 is 26.2. The van der Waals surface area contributed by atoms with Gasteiger partial charge < -0.3 is 0 Å². The zero-order chi connectivity index (χ0) is 8.91.